The lowest BCUT2D eigenvalue weighted by atomic mass is 10.1. The molecule has 1 aromatic carbocycles. The number of hydrogen-bond donors (Lipinski definition) is 2. The van der Waals surface area contributed by atoms with Crippen molar-refractivity contribution >= 4 is 15.7 Å². The zero-order chi connectivity index (χ0) is 16.3. The van der Waals surface area contributed by atoms with Crippen LogP contribution in [-0.2, 0) is 16.4 Å². The number of carbonyl (C=O) groups is 1. The molecular formula is C15H15N3O3S. The molecule has 0 atom stereocenters. The molecule has 0 aliphatic rings. The highest BCUT2D eigenvalue weighted by Gasteiger charge is 2.12. The number of amides is 1. The van der Waals surface area contributed by atoms with E-state index in [0.717, 1.165) is 11.8 Å². The topological polar surface area (TPSA) is 103 Å². The maximum Gasteiger partial charge on any atom is 0.268 e. The van der Waals surface area contributed by atoms with Gasteiger partial charge in [-0.05, 0) is 30.2 Å². The zero-order valence-electron chi connectivity index (χ0n) is 12.2. The lowest BCUT2D eigenvalue weighted by Gasteiger charge is -2.08. The van der Waals surface area contributed by atoms with Crippen molar-refractivity contribution in [1.82, 2.24) is 10.3 Å². The number of aryl methyl sites for hydroxylation is 1. The predicted octanol–water partition coefficient (Wildman–Crippen LogP) is 1.53. The van der Waals surface area contributed by atoms with Crippen LogP contribution in [-0.4, -0.2) is 25.6 Å². The summed E-state index contributed by atoms with van der Waals surface area (Å²) in [4.78, 5) is 14.9. The van der Waals surface area contributed by atoms with Crippen LogP contribution in [0.1, 0.15) is 27.2 Å². The summed E-state index contributed by atoms with van der Waals surface area (Å²) in [6.45, 7) is 1.98. The van der Waals surface area contributed by atoms with Gasteiger partial charge >= 0.3 is 0 Å². The smallest absolute Gasteiger partial charge is 0.268 e. The summed E-state index contributed by atoms with van der Waals surface area (Å²) in [7, 11) is -3.25. The van der Waals surface area contributed by atoms with Gasteiger partial charge in [-0.3, -0.25) is 4.79 Å². The SMILES string of the molecule is Cc1cc(CNC(=O)c2cc(C#N)c[nH]2)ccc1S(C)(=O)=O. The van der Waals surface area contributed by atoms with Gasteiger partial charge in [-0.25, -0.2) is 8.42 Å². The van der Waals surface area contributed by atoms with Gasteiger partial charge in [-0.1, -0.05) is 12.1 Å². The minimum atomic E-state index is -3.25. The van der Waals surface area contributed by atoms with Gasteiger partial charge in [0.1, 0.15) is 11.8 Å². The molecule has 0 radical (unpaired) electrons. The van der Waals surface area contributed by atoms with E-state index >= 15 is 0 Å². The summed E-state index contributed by atoms with van der Waals surface area (Å²) >= 11 is 0. The molecule has 0 bridgehead atoms. The van der Waals surface area contributed by atoms with Gasteiger partial charge in [0, 0.05) is 19.0 Å². The Hall–Kier alpha value is -2.59. The number of benzene rings is 1. The first-order chi connectivity index (χ1) is 10.3. The molecule has 0 fully saturated rings. The summed E-state index contributed by atoms with van der Waals surface area (Å²) in [5.74, 6) is -0.327. The third-order valence-corrected chi connectivity index (χ3v) is 4.41. The highest BCUT2D eigenvalue weighted by atomic mass is 32.2. The second-order valence-electron chi connectivity index (χ2n) is 4.97. The molecule has 0 saturated carbocycles. The van der Waals surface area contributed by atoms with Gasteiger partial charge in [0.05, 0.1) is 10.5 Å². The van der Waals surface area contributed by atoms with Crippen LogP contribution in [0.15, 0.2) is 35.4 Å². The van der Waals surface area contributed by atoms with Crippen LogP contribution in [0.4, 0.5) is 0 Å². The summed E-state index contributed by atoms with van der Waals surface area (Å²) in [6.07, 6.45) is 2.62. The van der Waals surface area contributed by atoms with Gasteiger partial charge in [0.2, 0.25) is 0 Å². The lowest BCUT2D eigenvalue weighted by molar-refractivity contribution is 0.0946. The minimum absolute atomic E-state index is 0.268. The number of nitriles is 1. The normalized spacial score (nSPS) is 11.0. The van der Waals surface area contributed by atoms with E-state index in [2.05, 4.69) is 10.3 Å². The average Bonchev–Trinajstić information content (AvgIpc) is 2.92. The van der Waals surface area contributed by atoms with Gasteiger partial charge in [0.15, 0.2) is 9.84 Å². The molecule has 1 amide bonds. The number of rotatable bonds is 4. The quantitative estimate of drug-likeness (QED) is 0.892. The zero-order valence-corrected chi connectivity index (χ0v) is 13.0. The van der Waals surface area contributed by atoms with Crippen molar-refractivity contribution in [3.05, 3.63) is 52.8 Å². The molecule has 0 aliphatic carbocycles. The maximum atomic E-state index is 11.9. The molecule has 1 heterocycles. The molecule has 0 unspecified atom stereocenters. The second kappa shape index (κ2) is 6.03. The van der Waals surface area contributed by atoms with E-state index in [0.29, 0.717) is 16.8 Å². The largest absolute Gasteiger partial charge is 0.356 e. The van der Waals surface area contributed by atoms with E-state index in [9.17, 15) is 13.2 Å². The first-order valence-corrected chi connectivity index (χ1v) is 8.36. The number of H-pyrrole nitrogens is 1. The fourth-order valence-corrected chi connectivity index (χ4v) is 3.06. The summed E-state index contributed by atoms with van der Waals surface area (Å²) in [6, 6.07) is 8.33. The molecule has 0 saturated heterocycles. The number of carbonyl (C=O) groups excluding carboxylic acids is 1. The molecule has 1 aromatic heterocycles. The number of aromatic nitrogens is 1. The molecule has 2 rings (SSSR count). The molecule has 22 heavy (non-hydrogen) atoms. The van der Waals surface area contributed by atoms with Crippen LogP contribution in [0.3, 0.4) is 0 Å². The van der Waals surface area contributed by atoms with Gasteiger partial charge < -0.3 is 10.3 Å². The monoisotopic (exact) mass is 317 g/mol. The predicted molar refractivity (Wildman–Crippen MR) is 81.0 cm³/mol. The molecule has 2 aromatic rings. The number of nitrogens with zero attached hydrogens (tertiary/aromatic N) is 1. The first kappa shape index (κ1) is 15.8. The van der Waals surface area contributed by atoms with Crippen LogP contribution in [0.2, 0.25) is 0 Å². The van der Waals surface area contributed by atoms with Crippen LogP contribution >= 0.6 is 0 Å². The first-order valence-electron chi connectivity index (χ1n) is 6.47. The molecule has 2 N–H and O–H groups in total. The third kappa shape index (κ3) is 3.54. The van der Waals surface area contributed by atoms with E-state index in [-0.39, 0.29) is 17.3 Å². The Balaban J connectivity index is 2.07. The Bertz CT molecular complexity index is 860. The van der Waals surface area contributed by atoms with Crippen molar-refractivity contribution in [2.45, 2.75) is 18.4 Å². The Morgan fingerprint density at radius 3 is 2.64 bits per heavy atom. The standard InChI is InChI=1S/C15H15N3O3S/c1-10-5-11(3-4-14(10)22(2,20)21)8-18-15(19)13-6-12(7-16)9-17-13/h3-6,9,17H,8H2,1-2H3,(H,18,19). The van der Waals surface area contributed by atoms with Crippen LogP contribution in [0.5, 0.6) is 0 Å². The van der Waals surface area contributed by atoms with Crippen molar-refractivity contribution in [2.24, 2.45) is 0 Å². The molecular weight excluding hydrogens is 302 g/mol. The summed E-state index contributed by atoms with van der Waals surface area (Å²) in [5.41, 5.74) is 2.13. The Labute approximate surface area is 128 Å². The van der Waals surface area contributed by atoms with Crippen molar-refractivity contribution in [3.63, 3.8) is 0 Å². The lowest BCUT2D eigenvalue weighted by Crippen LogP contribution is -2.23. The molecule has 0 spiro atoms. The Morgan fingerprint density at radius 1 is 1.36 bits per heavy atom. The minimum Gasteiger partial charge on any atom is -0.356 e. The highest BCUT2D eigenvalue weighted by Crippen LogP contribution is 2.16. The average molecular weight is 317 g/mol. The van der Waals surface area contributed by atoms with Crippen LogP contribution < -0.4 is 5.32 Å². The summed E-state index contributed by atoms with van der Waals surface area (Å²) in [5, 5.41) is 11.4. The van der Waals surface area contributed by atoms with Crippen LogP contribution in [0.25, 0.3) is 0 Å². The molecule has 6 nitrogen and oxygen atoms in total. The highest BCUT2D eigenvalue weighted by molar-refractivity contribution is 7.90. The number of sulfone groups is 1. The van der Waals surface area contributed by atoms with E-state index in [1.165, 1.54) is 18.3 Å². The van der Waals surface area contributed by atoms with Crippen molar-refractivity contribution in [1.29, 1.82) is 5.26 Å². The Kier molecular flexibility index (Phi) is 4.33. The van der Waals surface area contributed by atoms with Gasteiger partial charge in [-0.2, -0.15) is 5.26 Å². The van der Waals surface area contributed by atoms with E-state index in [1.807, 2.05) is 6.07 Å². The second-order valence-corrected chi connectivity index (χ2v) is 6.95. The number of nitrogens with one attached hydrogen (secondary N) is 2. The van der Waals surface area contributed by atoms with Gasteiger partial charge in [0.25, 0.3) is 5.91 Å². The summed E-state index contributed by atoms with van der Waals surface area (Å²) < 4.78 is 23.1. The fraction of sp³-hybridized carbons (Fsp3) is 0.200. The molecule has 7 heteroatoms. The van der Waals surface area contributed by atoms with Crippen molar-refractivity contribution < 1.29 is 13.2 Å². The number of aromatic amines is 1. The Morgan fingerprint density at radius 2 is 2.09 bits per heavy atom. The number of hydrogen-bond acceptors (Lipinski definition) is 4. The van der Waals surface area contributed by atoms with Crippen molar-refractivity contribution in [3.8, 4) is 6.07 Å². The van der Waals surface area contributed by atoms with Crippen molar-refractivity contribution in [2.75, 3.05) is 6.26 Å². The molecule has 114 valence electrons. The van der Waals surface area contributed by atoms with E-state index in [1.54, 1.807) is 19.1 Å². The third-order valence-electron chi connectivity index (χ3n) is 3.15. The maximum absolute atomic E-state index is 11.9. The molecule has 0 aliphatic heterocycles. The fourth-order valence-electron chi connectivity index (χ4n) is 2.11. The van der Waals surface area contributed by atoms with Crippen LogP contribution in [0, 0.1) is 18.3 Å². The van der Waals surface area contributed by atoms with E-state index in [4.69, 9.17) is 5.26 Å². The van der Waals surface area contributed by atoms with E-state index < -0.39 is 9.84 Å². The van der Waals surface area contributed by atoms with Gasteiger partial charge in [-0.15, -0.1) is 0 Å².